The Bertz CT molecular complexity index is 398. The van der Waals surface area contributed by atoms with E-state index < -0.39 is 0 Å². The summed E-state index contributed by atoms with van der Waals surface area (Å²) in [4.78, 5) is 11.9. The lowest BCUT2D eigenvalue weighted by Crippen LogP contribution is -2.31. The summed E-state index contributed by atoms with van der Waals surface area (Å²) >= 11 is 1.40. The highest BCUT2D eigenvalue weighted by atomic mass is 32.2. The van der Waals surface area contributed by atoms with Gasteiger partial charge in [-0.05, 0) is 18.2 Å². The average Bonchev–Trinajstić information content (AvgIpc) is 2.35. The molecule has 16 heavy (non-hydrogen) atoms. The zero-order valence-electron chi connectivity index (χ0n) is 8.56. The van der Waals surface area contributed by atoms with Gasteiger partial charge in [0.15, 0.2) is 11.5 Å². The second-order valence-electron chi connectivity index (χ2n) is 3.16. The van der Waals surface area contributed by atoms with Gasteiger partial charge >= 0.3 is 0 Å². The minimum absolute atomic E-state index is 0.208. The van der Waals surface area contributed by atoms with E-state index in [4.69, 9.17) is 15.3 Å². The predicted octanol–water partition coefficient (Wildman–Crippen LogP) is 0.540. The maximum Gasteiger partial charge on any atom is 0.244 e. The Labute approximate surface area is 97.3 Å². The third-order valence-electron chi connectivity index (χ3n) is 2.04. The van der Waals surface area contributed by atoms with Crippen LogP contribution in [0.15, 0.2) is 23.1 Å². The smallest absolute Gasteiger partial charge is 0.244 e. The van der Waals surface area contributed by atoms with E-state index in [2.05, 4.69) is 5.43 Å². The molecule has 1 aliphatic rings. The molecule has 2 rings (SSSR count). The predicted molar refractivity (Wildman–Crippen MR) is 60.5 cm³/mol. The molecule has 1 aliphatic heterocycles. The van der Waals surface area contributed by atoms with Gasteiger partial charge in [-0.2, -0.15) is 0 Å². The van der Waals surface area contributed by atoms with Crippen molar-refractivity contribution in [1.82, 2.24) is 5.43 Å². The lowest BCUT2D eigenvalue weighted by atomic mass is 10.3. The summed E-state index contributed by atoms with van der Waals surface area (Å²) in [6.07, 6.45) is 0. The number of amides is 1. The van der Waals surface area contributed by atoms with Gasteiger partial charge in [-0.25, -0.2) is 5.84 Å². The van der Waals surface area contributed by atoms with E-state index >= 15 is 0 Å². The van der Waals surface area contributed by atoms with Crippen molar-refractivity contribution >= 4 is 17.7 Å². The van der Waals surface area contributed by atoms with Gasteiger partial charge in [0.05, 0.1) is 5.75 Å². The van der Waals surface area contributed by atoms with Gasteiger partial charge in [0.1, 0.15) is 13.2 Å². The van der Waals surface area contributed by atoms with Gasteiger partial charge in [-0.3, -0.25) is 10.2 Å². The molecule has 0 aromatic heterocycles. The van der Waals surface area contributed by atoms with Gasteiger partial charge < -0.3 is 9.47 Å². The Balaban J connectivity index is 2.03. The van der Waals surface area contributed by atoms with Crippen molar-refractivity contribution < 1.29 is 14.3 Å². The van der Waals surface area contributed by atoms with Crippen LogP contribution in [0.4, 0.5) is 0 Å². The van der Waals surface area contributed by atoms with Crippen LogP contribution in [0.3, 0.4) is 0 Å². The first-order valence-electron chi connectivity index (χ1n) is 4.81. The van der Waals surface area contributed by atoms with E-state index in [1.807, 2.05) is 18.2 Å². The molecule has 86 valence electrons. The van der Waals surface area contributed by atoms with Crippen LogP contribution in [0.5, 0.6) is 11.5 Å². The van der Waals surface area contributed by atoms with Crippen molar-refractivity contribution in [2.75, 3.05) is 19.0 Å². The molecule has 0 saturated carbocycles. The molecule has 3 N–H and O–H groups in total. The zero-order chi connectivity index (χ0) is 11.4. The van der Waals surface area contributed by atoms with E-state index in [1.54, 1.807) is 0 Å². The lowest BCUT2D eigenvalue weighted by molar-refractivity contribution is -0.118. The number of hydrazine groups is 1. The molecule has 5 nitrogen and oxygen atoms in total. The number of thioether (sulfide) groups is 1. The highest BCUT2D eigenvalue weighted by Crippen LogP contribution is 2.33. The number of carbonyl (C=O) groups is 1. The van der Waals surface area contributed by atoms with Crippen molar-refractivity contribution in [2.45, 2.75) is 4.90 Å². The highest BCUT2D eigenvalue weighted by Gasteiger charge is 2.12. The van der Waals surface area contributed by atoms with Crippen LogP contribution < -0.4 is 20.7 Å². The molecule has 0 radical (unpaired) electrons. The normalized spacial score (nSPS) is 13.3. The molecule has 1 amide bonds. The first-order chi connectivity index (χ1) is 7.79. The number of carbonyl (C=O) groups excluding carboxylic acids is 1. The summed E-state index contributed by atoms with van der Waals surface area (Å²) in [5.74, 6) is 6.54. The van der Waals surface area contributed by atoms with E-state index in [1.165, 1.54) is 11.8 Å². The number of nitrogens with one attached hydrogen (secondary N) is 1. The molecule has 0 aliphatic carbocycles. The van der Waals surface area contributed by atoms with Crippen molar-refractivity contribution in [3.63, 3.8) is 0 Å². The fourth-order valence-corrected chi connectivity index (χ4v) is 2.04. The van der Waals surface area contributed by atoms with Crippen LogP contribution in [0.1, 0.15) is 0 Å². The second-order valence-corrected chi connectivity index (χ2v) is 4.21. The van der Waals surface area contributed by atoms with Crippen LogP contribution in [0.2, 0.25) is 0 Å². The molecule has 1 aromatic carbocycles. The van der Waals surface area contributed by atoms with Crippen LogP contribution in [0.25, 0.3) is 0 Å². The van der Waals surface area contributed by atoms with Crippen molar-refractivity contribution in [1.29, 1.82) is 0 Å². The number of fused-ring (bicyclic) bond motifs is 1. The number of hydrogen-bond acceptors (Lipinski definition) is 5. The summed E-state index contributed by atoms with van der Waals surface area (Å²) in [5, 5.41) is 0. The monoisotopic (exact) mass is 240 g/mol. The third-order valence-corrected chi connectivity index (χ3v) is 3.04. The first kappa shape index (κ1) is 11.1. The van der Waals surface area contributed by atoms with Gasteiger partial charge in [0.25, 0.3) is 0 Å². The minimum atomic E-state index is -0.208. The number of ether oxygens (including phenoxy) is 2. The quantitative estimate of drug-likeness (QED) is 0.349. The zero-order valence-corrected chi connectivity index (χ0v) is 9.38. The third kappa shape index (κ3) is 2.59. The Morgan fingerprint density at radius 2 is 2.12 bits per heavy atom. The van der Waals surface area contributed by atoms with Crippen molar-refractivity contribution in [3.8, 4) is 11.5 Å². The van der Waals surface area contributed by atoms with E-state index in [9.17, 15) is 4.79 Å². The van der Waals surface area contributed by atoms with E-state index in [-0.39, 0.29) is 11.7 Å². The molecule has 0 saturated heterocycles. The summed E-state index contributed by atoms with van der Waals surface area (Å²) in [6.45, 7) is 1.14. The Kier molecular flexibility index (Phi) is 3.53. The topological polar surface area (TPSA) is 73.6 Å². The van der Waals surface area contributed by atoms with Gasteiger partial charge in [0, 0.05) is 4.90 Å². The minimum Gasteiger partial charge on any atom is -0.486 e. The van der Waals surface area contributed by atoms with Crippen LogP contribution in [0, 0.1) is 0 Å². The van der Waals surface area contributed by atoms with Crippen molar-refractivity contribution in [2.24, 2.45) is 5.84 Å². The molecule has 0 bridgehead atoms. The van der Waals surface area contributed by atoms with Gasteiger partial charge in [0.2, 0.25) is 5.91 Å². The number of nitrogens with two attached hydrogens (primary N) is 1. The molecule has 1 aromatic rings. The van der Waals surface area contributed by atoms with Crippen LogP contribution in [-0.2, 0) is 4.79 Å². The van der Waals surface area contributed by atoms with E-state index in [0.717, 1.165) is 16.4 Å². The number of rotatable bonds is 3. The molecule has 0 spiro atoms. The van der Waals surface area contributed by atoms with Gasteiger partial charge in [-0.15, -0.1) is 11.8 Å². The lowest BCUT2D eigenvalue weighted by Gasteiger charge is -2.18. The fraction of sp³-hybridized carbons (Fsp3) is 0.300. The van der Waals surface area contributed by atoms with E-state index in [0.29, 0.717) is 13.2 Å². The molecule has 0 unspecified atom stereocenters. The summed E-state index contributed by atoms with van der Waals surface area (Å²) in [7, 11) is 0. The van der Waals surface area contributed by atoms with Gasteiger partial charge in [-0.1, -0.05) is 0 Å². The van der Waals surface area contributed by atoms with Crippen molar-refractivity contribution in [3.05, 3.63) is 18.2 Å². The Hall–Kier alpha value is -1.40. The Morgan fingerprint density at radius 1 is 1.38 bits per heavy atom. The molecular weight excluding hydrogens is 228 g/mol. The fourth-order valence-electron chi connectivity index (χ4n) is 1.30. The van der Waals surface area contributed by atoms with Crippen LogP contribution >= 0.6 is 11.8 Å². The maximum absolute atomic E-state index is 11.0. The largest absolute Gasteiger partial charge is 0.486 e. The standard InChI is InChI=1S/C10H12N2O3S/c11-12-10(13)6-16-7-1-2-8-9(5-7)15-4-3-14-8/h1-2,5H,3-4,6,11H2,(H,12,13). The SMILES string of the molecule is NNC(=O)CSc1ccc2c(c1)OCCO2. The molecule has 6 heteroatoms. The molecule has 0 atom stereocenters. The maximum atomic E-state index is 11.0. The molecule has 1 heterocycles. The summed E-state index contributed by atoms with van der Waals surface area (Å²) in [5.41, 5.74) is 2.08. The average molecular weight is 240 g/mol. The molecule has 0 fully saturated rings. The first-order valence-corrected chi connectivity index (χ1v) is 5.80. The van der Waals surface area contributed by atoms with Crippen LogP contribution in [-0.4, -0.2) is 24.9 Å². The number of hydrogen-bond donors (Lipinski definition) is 2. The second kappa shape index (κ2) is 5.09. The highest BCUT2D eigenvalue weighted by molar-refractivity contribution is 8.00. The Morgan fingerprint density at radius 3 is 2.88 bits per heavy atom. The number of benzene rings is 1. The summed E-state index contributed by atoms with van der Waals surface area (Å²) < 4.78 is 10.8. The molecular formula is C10H12N2O3S. The summed E-state index contributed by atoms with van der Waals surface area (Å²) in [6, 6.07) is 5.60.